The van der Waals surface area contributed by atoms with Crippen molar-refractivity contribution in [1.82, 2.24) is 0 Å². The van der Waals surface area contributed by atoms with Crippen molar-refractivity contribution in [3.63, 3.8) is 0 Å². The molecule has 0 unspecified atom stereocenters. The minimum atomic E-state index is -2.02. The largest absolute Gasteiger partial charge is 0.465 e. The van der Waals surface area contributed by atoms with Crippen LogP contribution >= 0.6 is 0 Å². The van der Waals surface area contributed by atoms with E-state index in [4.69, 9.17) is 33.2 Å². The molecule has 0 N–H and O–H groups in total. The van der Waals surface area contributed by atoms with E-state index in [0.29, 0.717) is 0 Å². The van der Waals surface area contributed by atoms with Crippen LogP contribution < -0.4 is 0 Å². The molecule has 2 aromatic carbocycles. The third-order valence-corrected chi connectivity index (χ3v) is 9.95. The van der Waals surface area contributed by atoms with Crippen molar-refractivity contribution in [2.24, 2.45) is 17.3 Å². The average Bonchev–Trinajstić information content (AvgIpc) is 3.24. The molecule has 0 aromatic heterocycles. The summed E-state index contributed by atoms with van der Waals surface area (Å²) in [5.74, 6) is -6.31. The highest BCUT2D eigenvalue weighted by atomic mass is 16.6. The number of rotatable bonds is 9. The monoisotopic (exact) mass is 694 g/mol. The predicted molar refractivity (Wildman–Crippen MR) is 172 cm³/mol. The summed E-state index contributed by atoms with van der Waals surface area (Å²) in [5, 5.41) is 0. The summed E-state index contributed by atoms with van der Waals surface area (Å²) in [6.45, 7) is 9.24. The van der Waals surface area contributed by atoms with Crippen LogP contribution in [0.15, 0.2) is 60.7 Å². The van der Waals surface area contributed by atoms with Gasteiger partial charge in [0.15, 0.2) is 12.2 Å². The van der Waals surface area contributed by atoms with E-state index in [9.17, 15) is 28.8 Å². The van der Waals surface area contributed by atoms with Crippen LogP contribution in [0.2, 0.25) is 0 Å². The maximum absolute atomic E-state index is 14.1. The predicted octanol–water partition coefficient (Wildman–Crippen LogP) is 4.00. The van der Waals surface area contributed by atoms with Crippen LogP contribution in [0.3, 0.4) is 0 Å². The highest BCUT2D eigenvalue weighted by Crippen LogP contribution is 2.68. The van der Waals surface area contributed by atoms with Gasteiger partial charge in [-0.25, -0.2) is 9.59 Å². The summed E-state index contributed by atoms with van der Waals surface area (Å²) < 4.78 is 43.4. The van der Waals surface area contributed by atoms with E-state index >= 15 is 0 Å². The smallest absolute Gasteiger partial charge is 0.338 e. The number of hydrogen-bond donors (Lipinski definition) is 0. The fraction of sp³-hybridized carbons (Fsp3) is 0.514. The molecular formula is C37H42O13. The Balaban J connectivity index is 1.87. The number of fused-ring (bicyclic) bond motifs is 1. The Bertz CT molecular complexity index is 1640. The first kappa shape index (κ1) is 36.5. The van der Waals surface area contributed by atoms with E-state index in [1.165, 1.54) is 38.1 Å². The van der Waals surface area contributed by atoms with Crippen molar-refractivity contribution in [3.8, 4) is 0 Å². The average molecular weight is 695 g/mol. The standard InChI is InChI=1S/C37H42O13/c1-20-18-27(45-22(3)39)30(46-23(4)40)36(19-44-21(2)38)32(49-34(43)26-16-12-9-13-17-26)29(48-33(42)25-14-10-8-11-15-25)28-31(47-24(5)41)37(20,36)50-35(28,6)7/h8-17,20,27-32H,18-19H2,1-7H3/t20-,27+,28-,29+,30+,31-,32+,36+,37-/m1/s1. The molecule has 3 aliphatic rings. The lowest BCUT2D eigenvalue weighted by Crippen LogP contribution is -2.81. The number of benzene rings is 2. The zero-order valence-electron chi connectivity index (χ0n) is 29.0. The van der Waals surface area contributed by atoms with Crippen molar-refractivity contribution in [2.45, 2.75) is 96.6 Å². The highest BCUT2D eigenvalue weighted by Gasteiger charge is 2.85. The number of carbonyl (C=O) groups excluding carboxylic acids is 6. The zero-order valence-corrected chi connectivity index (χ0v) is 29.0. The Morgan fingerprint density at radius 1 is 0.660 bits per heavy atom. The minimum Gasteiger partial charge on any atom is -0.465 e. The molecule has 13 heteroatoms. The Labute approximate surface area is 289 Å². The molecule has 1 aliphatic heterocycles. The Kier molecular flexibility index (Phi) is 10.1. The summed E-state index contributed by atoms with van der Waals surface area (Å²) >= 11 is 0. The maximum atomic E-state index is 14.1. The lowest BCUT2D eigenvalue weighted by molar-refractivity contribution is -0.328. The molecule has 2 aliphatic carbocycles. The van der Waals surface area contributed by atoms with E-state index in [-0.39, 0.29) is 17.5 Å². The number of carbonyl (C=O) groups is 6. The van der Waals surface area contributed by atoms with Gasteiger partial charge >= 0.3 is 35.8 Å². The van der Waals surface area contributed by atoms with Crippen molar-refractivity contribution < 1.29 is 61.9 Å². The van der Waals surface area contributed by atoms with E-state index < -0.39 is 101 Å². The topological polar surface area (TPSA) is 167 Å². The zero-order chi connectivity index (χ0) is 36.6. The molecule has 2 bridgehead atoms. The number of ether oxygens (including phenoxy) is 7. The van der Waals surface area contributed by atoms with Crippen LogP contribution in [0.4, 0.5) is 0 Å². The molecule has 50 heavy (non-hydrogen) atoms. The van der Waals surface area contributed by atoms with Crippen LogP contribution in [-0.4, -0.2) is 84.1 Å². The molecule has 0 radical (unpaired) electrons. The summed E-state index contributed by atoms with van der Waals surface area (Å²) in [6, 6.07) is 16.1. The Hall–Kier alpha value is -4.78. The normalized spacial score (nSPS) is 32.0. The Morgan fingerprint density at radius 3 is 1.66 bits per heavy atom. The van der Waals surface area contributed by atoms with Crippen molar-refractivity contribution in [1.29, 1.82) is 0 Å². The van der Waals surface area contributed by atoms with E-state index in [1.54, 1.807) is 57.2 Å². The molecule has 13 nitrogen and oxygen atoms in total. The van der Waals surface area contributed by atoms with E-state index in [1.807, 2.05) is 0 Å². The first-order valence-electron chi connectivity index (χ1n) is 16.4. The van der Waals surface area contributed by atoms with Gasteiger partial charge in [0.05, 0.1) is 22.6 Å². The van der Waals surface area contributed by atoms with Crippen molar-refractivity contribution in [2.75, 3.05) is 6.61 Å². The first-order chi connectivity index (χ1) is 23.5. The summed E-state index contributed by atoms with van der Waals surface area (Å²) in [5.41, 5.74) is -4.73. The number of hydrogen-bond acceptors (Lipinski definition) is 13. The second-order valence-corrected chi connectivity index (χ2v) is 13.6. The number of esters is 6. The Morgan fingerprint density at radius 2 is 1.16 bits per heavy atom. The summed E-state index contributed by atoms with van der Waals surface area (Å²) in [4.78, 5) is 79.2. The van der Waals surface area contributed by atoms with Gasteiger partial charge in [0, 0.05) is 27.7 Å². The molecule has 3 fully saturated rings. The summed E-state index contributed by atoms with van der Waals surface area (Å²) in [7, 11) is 0. The van der Waals surface area contributed by atoms with Gasteiger partial charge in [-0.3, -0.25) is 19.2 Å². The molecule has 268 valence electrons. The molecule has 1 heterocycles. The fourth-order valence-corrected chi connectivity index (χ4v) is 8.38. The van der Waals surface area contributed by atoms with Crippen LogP contribution in [0.5, 0.6) is 0 Å². The lowest BCUT2D eigenvalue weighted by atomic mass is 9.47. The third-order valence-electron chi connectivity index (χ3n) is 9.95. The van der Waals surface area contributed by atoms with Gasteiger partial charge in [0.2, 0.25) is 0 Å². The molecule has 1 saturated heterocycles. The van der Waals surface area contributed by atoms with Crippen LogP contribution in [0.1, 0.15) is 75.6 Å². The molecule has 1 spiro atoms. The first-order valence-corrected chi connectivity index (χ1v) is 16.4. The van der Waals surface area contributed by atoms with Crippen molar-refractivity contribution >= 4 is 35.8 Å². The van der Waals surface area contributed by atoms with E-state index in [0.717, 1.165) is 13.8 Å². The van der Waals surface area contributed by atoms with Gasteiger partial charge in [-0.15, -0.1) is 0 Å². The van der Waals surface area contributed by atoms with E-state index in [2.05, 4.69) is 0 Å². The van der Waals surface area contributed by atoms with Crippen molar-refractivity contribution in [3.05, 3.63) is 71.8 Å². The van der Waals surface area contributed by atoms with Gasteiger partial charge < -0.3 is 33.2 Å². The van der Waals surface area contributed by atoms with Gasteiger partial charge in [-0.05, 0) is 50.5 Å². The van der Waals surface area contributed by atoms with Gasteiger partial charge in [0.25, 0.3) is 0 Å². The lowest BCUT2D eigenvalue weighted by Gasteiger charge is -2.64. The highest BCUT2D eigenvalue weighted by molar-refractivity contribution is 5.90. The SMILES string of the molecule is CC(=O)OC[C@]12[C@@H](OC(=O)c3ccccc3)[C@@H](OC(=O)c3ccccc3)[C@@H]3[C@@H](OC(C)=O)[C@]1(OC3(C)C)[C@H](C)C[C@H](OC(C)=O)[C@@H]2OC(C)=O. The summed E-state index contributed by atoms with van der Waals surface area (Å²) in [6.07, 6.45) is -7.02. The fourth-order valence-electron chi connectivity index (χ4n) is 8.38. The molecular weight excluding hydrogens is 652 g/mol. The van der Waals surface area contributed by atoms with Gasteiger partial charge in [-0.1, -0.05) is 43.3 Å². The van der Waals surface area contributed by atoms with Crippen LogP contribution in [0.25, 0.3) is 0 Å². The maximum Gasteiger partial charge on any atom is 0.338 e. The molecule has 0 amide bonds. The van der Waals surface area contributed by atoms with Gasteiger partial charge in [0.1, 0.15) is 35.9 Å². The molecule has 9 atom stereocenters. The third kappa shape index (κ3) is 6.34. The van der Waals surface area contributed by atoms with Crippen LogP contribution in [-0.2, 0) is 52.3 Å². The van der Waals surface area contributed by atoms with Crippen LogP contribution in [0, 0.1) is 17.3 Å². The molecule has 2 saturated carbocycles. The minimum absolute atomic E-state index is 0.0355. The molecule has 5 rings (SSSR count). The second kappa shape index (κ2) is 13.9. The molecule has 2 aromatic rings. The second-order valence-electron chi connectivity index (χ2n) is 13.6. The quantitative estimate of drug-likeness (QED) is 0.273. The van der Waals surface area contributed by atoms with Gasteiger partial charge in [-0.2, -0.15) is 0 Å².